The van der Waals surface area contributed by atoms with Crippen LogP contribution >= 0.6 is 15.9 Å². The molecule has 0 heterocycles. The van der Waals surface area contributed by atoms with E-state index in [0.717, 1.165) is 10.9 Å². The molecule has 0 amide bonds. The van der Waals surface area contributed by atoms with Gasteiger partial charge in [0.25, 0.3) is 0 Å². The Kier molecular flexibility index (Phi) is 3.54. The summed E-state index contributed by atoms with van der Waals surface area (Å²) >= 11 is 3.46. The van der Waals surface area contributed by atoms with Crippen LogP contribution in [0.5, 0.6) is 0 Å². The van der Waals surface area contributed by atoms with E-state index >= 15 is 0 Å². The molecule has 0 aliphatic rings. The van der Waals surface area contributed by atoms with Gasteiger partial charge in [0.15, 0.2) is 0 Å². The maximum atomic E-state index is 3.74. The third-order valence-electron chi connectivity index (χ3n) is 1.94. The van der Waals surface area contributed by atoms with Crippen molar-refractivity contribution in [3.8, 4) is 0 Å². The summed E-state index contributed by atoms with van der Waals surface area (Å²) < 4.78 is 1.15. The third-order valence-corrected chi connectivity index (χ3v) is 2.43. The van der Waals surface area contributed by atoms with Crippen LogP contribution in [0.2, 0.25) is 0 Å². The number of hydrogen-bond acceptors (Lipinski definition) is 0. The summed E-state index contributed by atoms with van der Waals surface area (Å²) in [6, 6.07) is 8.43. The lowest BCUT2D eigenvalue weighted by Crippen LogP contribution is -1.90. The first kappa shape index (κ1) is 9.53. The van der Waals surface area contributed by atoms with Gasteiger partial charge in [0.2, 0.25) is 0 Å². The molecule has 1 aromatic carbocycles. The van der Waals surface area contributed by atoms with Crippen molar-refractivity contribution in [3.63, 3.8) is 0 Å². The largest absolute Gasteiger partial charge is 0.103 e. The van der Waals surface area contributed by atoms with Crippen molar-refractivity contribution in [1.29, 1.82) is 0 Å². The van der Waals surface area contributed by atoms with E-state index in [1.165, 1.54) is 5.56 Å². The van der Waals surface area contributed by atoms with Crippen LogP contribution in [0.1, 0.15) is 24.8 Å². The lowest BCUT2D eigenvalue weighted by Gasteiger charge is -2.08. The minimum atomic E-state index is 0.569. The lowest BCUT2D eigenvalue weighted by molar-refractivity contribution is 0.781. The Balaban J connectivity index is 2.80. The van der Waals surface area contributed by atoms with Crippen LogP contribution in [0.15, 0.2) is 41.4 Å². The topological polar surface area (TPSA) is 0 Å². The summed E-state index contributed by atoms with van der Waals surface area (Å²) in [6.07, 6.45) is 3.00. The molecule has 0 unspecified atom stereocenters. The van der Waals surface area contributed by atoms with Gasteiger partial charge < -0.3 is 0 Å². The second kappa shape index (κ2) is 4.46. The number of benzene rings is 1. The first-order chi connectivity index (χ1) is 5.74. The van der Waals surface area contributed by atoms with Crippen LogP contribution < -0.4 is 0 Å². The van der Waals surface area contributed by atoms with E-state index in [2.05, 4.69) is 47.6 Å². The molecule has 0 aliphatic heterocycles. The fourth-order valence-electron chi connectivity index (χ4n) is 1.20. The Morgan fingerprint density at radius 3 is 2.92 bits per heavy atom. The molecular weight excluding hydrogens is 212 g/mol. The maximum absolute atomic E-state index is 3.74. The van der Waals surface area contributed by atoms with Gasteiger partial charge in [-0.3, -0.25) is 0 Å². The van der Waals surface area contributed by atoms with Gasteiger partial charge in [-0.1, -0.05) is 41.1 Å². The fraction of sp³-hybridized carbons (Fsp3) is 0.273. The van der Waals surface area contributed by atoms with Gasteiger partial charge in [-0.15, -0.1) is 6.58 Å². The maximum Gasteiger partial charge on any atom is 0.0178 e. The van der Waals surface area contributed by atoms with Crippen molar-refractivity contribution >= 4 is 15.9 Å². The van der Waals surface area contributed by atoms with Gasteiger partial charge >= 0.3 is 0 Å². The molecule has 0 saturated carbocycles. The first-order valence-electron chi connectivity index (χ1n) is 4.10. The standard InChI is InChI=1S/C11H13Br/c1-3-5-9(2)10-6-4-7-11(12)8-10/h3-4,6-9H,1,5H2,2H3/t9-/m0/s1. The molecule has 0 nitrogen and oxygen atoms in total. The molecule has 0 spiro atoms. The van der Waals surface area contributed by atoms with E-state index < -0.39 is 0 Å². The smallest absolute Gasteiger partial charge is 0.0178 e. The highest BCUT2D eigenvalue weighted by Crippen LogP contribution is 2.22. The molecule has 0 N–H and O–H groups in total. The zero-order valence-corrected chi connectivity index (χ0v) is 8.84. The fourth-order valence-corrected chi connectivity index (χ4v) is 1.62. The summed E-state index contributed by atoms with van der Waals surface area (Å²) in [7, 11) is 0. The van der Waals surface area contributed by atoms with E-state index in [1.807, 2.05) is 12.1 Å². The van der Waals surface area contributed by atoms with Crippen LogP contribution in [-0.2, 0) is 0 Å². The zero-order chi connectivity index (χ0) is 8.97. The second-order valence-electron chi connectivity index (χ2n) is 2.98. The molecule has 0 bridgehead atoms. The van der Waals surface area contributed by atoms with E-state index in [-0.39, 0.29) is 0 Å². The summed E-state index contributed by atoms with van der Waals surface area (Å²) in [5, 5.41) is 0. The zero-order valence-electron chi connectivity index (χ0n) is 7.26. The van der Waals surface area contributed by atoms with Crippen LogP contribution in [0.25, 0.3) is 0 Å². The van der Waals surface area contributed by atoms with E-state index in [9.17, 15) is 0 Å². The highest BCUT2D eigenvalue weighted by atomic mass is 79.9. The first-order valence-corrected chi connectivity index (χ1v) is 4.89. The van der Waals surface area contributed by atoms with Crippen LogP contribution in [0.3, 0.4) is 0 Å². The van der Waals surface area contributed by atoms with Crippen LogP contribution in [-0.4, -0.2) is 0 Å². The number of rotatable bonds is 3. The van der Waals surface area contributed by atoms with Crippen LogP contribution in [0, 0.1) is 0 Å². The average molecular weight is 225 g/mol. The minimum absolute atomic E-state index is 0.569. The Bertz CT molecular complexity index is 265. The number of hydrogen-bond donors (Lipinski definition) is 0. The third kappa shape index (κ3) is 2.49. The predicted molar refractivity (Wildman–Crippen MR) is 57.4 cm³/mol. The van der Waals surface area contributed by atoms with Crippen molar-refractivity contribution < 1.29 is 0 Å². The molecule has 1 atom stereocenters. The normalized spacial score (nSPS) is 12.5. The number of allylic oxidation sites excluding steroid dienone is 1. The molecule has 1 rings (SSSR count). The Morgan fingerprint density at radius 2 is 2.33 bits per heavy atom. The summed E-state index contributed by atoms with van der Waals surface area (Å²) in [6.45, 7) is 5.95. The Hall–Kier alpha value is -0.560. The summed E-state index contributed by atoms with van der Waals surface area (Å²) in [4.78, 5) is 0. The van der Waals surface area contributed by atoms with E-state index in [1.54, 1.807) is 0 Å². The molecular formula is C11H13Br. The molecule has 64 valence electrons. The van der Waals surface area contributed by atoms with Gasteiger partial charge in [0.1, 0.15) is 0 Å². The molecule has 1 aromatic rings. The van der Waals surface area contributed by atoms with Crippen molar-refractivity contribution in [2.75, 3.05) is 0 Å². The molecule has 0 radical (unpaired) electrons. The van der Waals surface area contributed by atoms with Gasteiger partial charge in [-0.2, -0.15) is 0 Å². The molecule has 1 heteroatoms. The summed E-state index contributed by atoms with van der Waals surface area (Å²) in [5.41, 5.74) is 1.37. The van der Waals surface area contributed by atoms with Crippen molar-refractivity contribution in [1.82, 2.24) is 0 Å². The lowest BCUT2D eigenvalue weighted by atomic mass is 9.98. The van der Waals surface area contributed by atoms with Gasteiger partial charge in [0.05, 0.1) is 0 Å². The molecule has 0 aliphatic carbocycles. The molecule has 0 fully saturated rings. The van der Waals surface area contributed by atoms with Gasteiger partial charge in [-0.05, 0) is 30.0 Å². The van der Waals surface area contributed by atoms with Crippen molar-refractivity contribution in [3.05, 3.63) is 47.0 Å². The van der Waals surface area contributed by atoms with Gasteiger partial charge in [-0.25, -0.2) is 0 Å². The second-order valence-corrected chi connectivity index (χ2v) is 3.90. The molecule has 0 aromatic heterocycles. The average Bonchev–Trinajstić information content (AvgIpc) is 2.05. The highest BCUT2D eigenvalue weighted by Gasteiger charge is 2.02. The SMILES string of the molecule is C=CC[C@H](C)c1cccc(Br)c1. The number of halogens is 1. The van der Waals surface area contributed by atoms with E-state index in [0.29, 0.717) is 5.92 Å². The molecule has 12 heavy (non-hydrogen) atoms. The van der Waals surface area contributed by atoms with Crippen LogP contribution in [0.4, 0.5) is 0 Å². The Morgan fingerprint density at radius 1 is 1.58 bits per heavy atom. The highest BCUT2D eigenvalue weighted by molar-refractivity contribution is 9.10. The quantitative estimate of drug-likeness (QED) is 0.678. The minimum Gasteiger partial charge on any atom is -0.103 e. The van der Waals surface area contributed by atoms with Crippen molar-refractivity contribution in [2.45, 2.75) is 19.3 Å². The molecule has 0 saturated heterocycles. The van der Waals surface area contributed by atoms with E-state index in [4.69, 9.17) is 0 Å². The Labute approximate surface area is 82.4 Å². The predicted octanol–water partition coefficient (Wildman–Crippen LogP) is 4.13. The van der Waals surface area contributed by atoms with Gasteiger partial charge in [0, 0.05) is 4.47 Å². The monoisotopic (exact) mass is 224 g/mol. The summed E-state index contributed by atoms with van der Waals surface area (Å²) in [5.74, 6) is 0.569. The van der Waals surface area contributed by atoms with Crippen molar-refractivity contribution in [2.24, 2.45) is 0 Å².